The minimum atomic E-state index is -10.7. The molecule has 2 unspecified atom stereocenters. The first kappa shape index (κ1) is 102. The molecule has 6 nitrogen and oxygen atoms in total. The first-order valence-corrected chi connectivity index (χ1v) is 40.4. The molecule has 0 aliphatic heterocycles. The fourth-order valence-electron chi connectivity index (χ4n) is 5.95. The van der Waals surface area contributed by atoms with E-state index in [0.717, 1.165) is 0 Å². The number of hydrogen-bond acceptors (Lipinski definition) is 0. The van der Waals surface area contributed by atoms with E-state index in [1.165, 1.54) is 58.2 Å². The molecular formula is C72H96Cr2F12N6P6-2. The summed E-state index contributed by atoms with van der Waals surface area (Å²) in [5, 5.41) is 9.10. The summed E-state index contributed by atoms with van der Waals surface area (Å²) in [5.41, 5.74) is -1.00. The van der Waals surface area contributed by atoms with Gasteiger partial charge in [-0.05, 0) is 84.6 Å². The average Bonchev–Trinajstić information content (AvgIpc) is 0.811. The summed E-state index contributed by atoms with van der Waals surface area (Å²) in [6, 6.07) is 67.9. The zero-order valence-corrected chi connectivity index (χ0v) is 67.2. The minimum absolute atomic E-state index is 0. The van der Waals surface area contributed by atoms with Gasteiger partial charge in [0.1, 0.15) is 0 Å². The summed E-state index contributed by atoms with van der Waals surface area (Å²) in [5.74, 6) is 0. The van der Waals surface area contributed by atoms with Crippen molar-refractivity contribution in [3.05, 3.63) is 250 Å². The van der Waals surface area contributed by atoms with Crippen molar-refractivity contribution >= 4 is 79.1 Å². The number of halogens is 12. The molecule has 0 saturated carbocycles. The maximum absolute atomic E-state index is 10.7. The molecule has 26 heteroatoms. The van der Waals surface area contributed by atoms with E-state index in [0.29, 0.717) is 0 Å². The smallest absolute Gasteiger partial charge is 0.224 e. The Morgan fingerprint density at radius 2 is 0.337 bits per heavy atom. The molecule has 0 spiro atoms. The summed E-state index contributed by atoms with van der Waals surface area (Å²) in [4.78, 5) is 19.6. The Balaban J connectivity index is -0.000000446. The molecule has 98 heavy (non-hydrogen) atoms. The van der Waals surface area contributed by atoms with Gasteiger partial charge in [0.15, 0.2) is 0 Å². The van der Waals surface area contributed by atoms with Crippen LogP contribution in [-0.4, -0.2) is 70.2 Å². The average molecular weight is 1560 g/mol. The van der Waals surface area contributed by atoms with Gasteiger partial charge in [0.25, 0.3) is 0 Å². The van der Waals surface area contributed by atoms with E-state index in [9.17, 15) is 50.4 Å². The standard InChI is InChI=1S/C42H42P4.6C5H9N.2Cr.2F6P/c1-7-19-37(20-8-1)43(33-35-45(39-23-11-3-12-24-39)40-25-13-4-14-26-40)31-32-44(38-21-9-2-10-22-38)34-36-46(41-27-15-5-16-28-41)42-29-17-6-18-30-42;6*1-5(2,3)6-4;;;2*1-7(2,3,4,5)6/h1-30H,31-36H2;6*1-3H3;;;;/q;;;;;;;;;2*-1. The van der Waals surface area contributed by atoms with Gasteiger partial charge in [-0.2, -0.15) is 0 Å². The van der Waals surface area contributed by atoms with E-state index >= 15 is 0 Å². The van der Waals surface area contributed by atoms with Gasteiger partial charge in [-0.3, -0.25) is 0 Å². The second-order valence-corrected chi connectivity index (χ2v) is 40.4. The third-order valence-corrected chi connectivity index (χ3v) is 21.6. The zero-order chi connectivity index (χ0) is 75.3. The molecule has 0 N–H and O–H groups in total. The van der Waals surface area contributed by atoms with Gasteiger partial charge in [-0.15, -0.1) is 0 Å². The van der Waals surface area contributed by atoms with Crippen molar-refractivity contribution in [2.75, 3.05) is 37.0 Å². The SMILES string of the molecule is F[P-](F)(F)(F)(F)F.F[P-](F)(F)(F)(F)F.[C-]#[N+]C(C)(C)C.[C-]#[N+]C(C)(C)C.[C-]#[N+]C(C)(C)C.[C-]#[N+]C(C)(C)C.[C-]#[N+]C(C)(C)C.[C-]#[N+]C(C)(C)C.[Cr].[Cr].c1ccc(P(CCP(CCP(c2ccccc2)c2ccccc2)c2ccccc2)CCP(c2ccccc2)c2ccccc2)cc1. The van der Waals surface area contributed by atoms with Crippen LogP contribution in [0.15, 0.2) is 182 Å². The maximum Gasteiger partial charge on any atom is 0.224 e. The number of hydrogen-bond donors (Lipinski definition) is 0. The van der Waals surface area contributed by atoms with E-state index in [1.807, 2.05) is 125 Å². The van der Waals surface area contributed by atoms with Crippen LogP contribution in [-0.2, 0) is 34.7 Å². The van der Waals surface area contributed by atoms with Crippen LogP contribution >= 0.6 is 47.3 Å². The maximum atomic E-state index is 9.87. The monoisotopic (exact) mass is 1560 g/mol. The summed E-state index contributed by atoms with van der Waals surface area (Å²) < 4.78 is 118. The molecular weight excluding hydrogens is 1470 g/mol. The molecule has 0 saturated heterocycles. The number of nitrogens with zero attached hydrogens (tertiary/aromatic N) is 6. The van der Waals surface area contributed by atoms with Crippen LogP contribution in [0.25, 0.3) is 29.1 Å². The van der Waals surface area contributed by atoms with Gasteiger partial charge in [-0.1, -0.05) is 198 Å². The molecule has 6 aromatic carbocycles. The molecule has 2 atom stereocenters. The Hall–Kier alpha value is -4.94. The predicted octanol–water partition coefficient (Wildman–Crippen LogP) is 25.9. The molecule has 0 aliphatic rings. The molecule has 0 amide bonds. The topological polar surface area (TPSA) is 26.2 Å². The Morgan fingerprint density at radius 1 is 0.235 bits per heavy atom. The third-order valence-electron chi connectivity index (χ3n) is 10.4. The Morgan fingerprint density at radius 3 is 0.449 bits per heavy atom. The summed E-state index contributed by atoms with van der Waals surface area (Å²) >= 11 is 0. The van der Waals surface area contributed by atoms with Crippen LogP contribution in [0.3, 0.4) is 0 Å². The molecule has 0 aromatic heterocycles. The van der Waals surface area contributed by atoms with Gasteiger partial charge in [0.2, 0.25) is 33.2 Å². The van der Waals surface area contributed by atoms with Crippen LogP contribution < -0.4 is 31.8 Å². The Bertz CT molecular complexity index is 2950. The van der Waals surface area contributed by atoms with Crippen molar-refractivity contribution in [3.63, 3.8) is 0 Å². The van der Waals surface area contributed by atoms with Gasteiger partial charge < -0.3 is 29.1 Å². The Kier molecular flexibility index (Phi) is 44.8. The molecule has 0 radical (unpaired) electrons. The minimum Gasteiger partial charge on any atom is -0.311 e. The van der Waals surface area contributed by atoms with Gasteiger partial charge in [-0.25, -0.2) is 39.4 Å². The van der Waals surface area contributed by atoms with E-state index in [4.69, 9.17) is 39.4 Å². The van der Waals surface area contributed by atoms with Crippen molar-refractivity contribution in [1.29, 1.82) is 0 Å². The Labute approximate surface area is 605 Å². The fraction of sp³-hybridized carbons (Fsp3) is 0.417. The largest absolute Gasteiger partial charge is 0.311 e. The van der Waals surface area contributed by atoms with Crippen molar-refractivity contribution in [2.45, 2.75) is 158 Å². The van der Waals surface area contributed by atoms with E-state index in [1.54, 1.807) is 10.6 Å². The van der Waals surface area contributed by atoms with Crippen molar-refractivity contribution in [3.8, 4) is 0 Å². The van der Waals surface area contributed by atoms with Crippen LogP contribution in [0.5, 0.6) is 0 Å². The van der Waals surface area contributed by atoms with Crippen LogP contribution in [0.2, 0.25) is 0 Å². The molecule has 0 fully saturated rings. The molecule has 6 aromatic rings. The molecule has 6 rings (SSSR count). The summed E-state index contributed by atoms with van der Waals surface area (Å²) in [7, 11) is -22.6. The quantitative estimate of drug-likeness (QED) is 0.0556. The van der Waals surface area contributed by atoms with Crippen LogP contribution in [0.4, 0.5) is 50.4 Å². The molecule has 0 bridgehead atoms. The molecule has 0 aliphatic carbocycles. The summed E-state index contributed by atoms with van der Waals surface area (Å²) in [6.45, 7) is 72.9. The van der Waals surface area contributed by atoms with Crippen LogP contribution in [0.1, 0.15) is 125 Å². The van der Waals surface area contributed by atoms with Crippen molar-refractivity contribution < 1.29 is 85.1 Å². The molecule has 542 valence electrons. The number of benzene rings is 6. The van der Waals surface area contributed by atoms with Gasteiger partial charge in [0, 0.05) is 159 Å². The fourth-order valence-corrected chi connectivity index (χ4v) is 17.8. The number of rotatable bonds is 15. The first-order valence-electron chi connectivity index (χ1n) is 29.9. The second kappa shape index (κ2) is 43.1. The van der Waals surface area contributed by atoms with E-state index < -0.39 is 15.6 Å². The normalized spacial score (nSPS) is 13.0. The zero-order valence-electron chi connectivity index (χ0n) is 59.3. The van der Waals surface area contributed by atoms with Gasteiger partial charge >= 0.3 is 66.0 Å². The van der Waals surface area contributed by atoms with Gasteiger partial charge in [0.05, 0.1) is 0 Å². The van der Waals surface area contributed by atoms with Crippen molar-refractivity contribution in [1.82, 2.24) is 0 Å². The third kappa shape index (κ3) is 73.8. The predicted molar refractivity (Wildman–Crippen MR) is 399 cm³/mol. The summed E-state index contributed by atoms with van der Waals surface area (Å²) in [6.07, 6.45) is 7.60. The van der Waals surface area contributed by atoms with Crippen LogP contribution in [0, 0.1) is 39.4 Å². The van der Waals surface area contributed by atoms with Crippen molar-refractivity contribution in [2.24, 2.45) is 0 Å². The van der Waals surface area contributed by atoms with E-state index in [2.05, 4.69) is 211 Å². The molecule has 0 heterocycles. The second-order valence-electron chi connectivity index (χ2n) is 26.9. The van der Waals surface area contributed by atoms with E-state index in [-0.39, 0.29) is 99.6 Å². The first-order chi connectivity index (χ1) is 43.1.